The van der Waals surface area contributed by atoms with E-state index in [0.29, 0.717) is 31.5 Å². The number of aromatic nitrogens is 3. The average molecular weight is 317 g/mol. The highest BCUT2D eigenvalue weighted by Gasteiger charge is 2.18. The Morgan fingerprint density at radius 3 is 2.43 bits per heavy atom. The zero-order valence-corrected chi connectivity index (χ0v) is 12.9. The van der Waals surface area contributed by atoms with Gasteiger partial charge in [-0.25, -0.2) is 9.48 Å². The number of hydrogen-bond donors (Lipinski definition) is 2. The number of hydrogen-bond acceptors (Lipinski definition) is 4. The molecule has 0 spiro atoms. The molecule has 23 heavy (non-hydrogen) atoms. The quantitative estimate of drug-likeness (QED) is 0.770. The Labute approximate surface area is 133 Å². The highest BCUT2D eigenvalue weighted by molar-refractivity contribution is 5.86. The van der Waals surface area contributed by atoms with Crippen LogP contribution in [0.15, 0.2) is 24.3 Å². The van der Waals surface area contributed by atoms with Gasteiger partial charge in [-0.15, -0.1) is 5.10 Å². The fraction of sp³-hybridized carbons (Fsp3) is 0.375. The molecule has 0 unspecified atom stereocenters. The highest BCUT2D eigenvalue weighted by Crippen LogP contribution is 2.13. The Bertz CT molecular complexity index is 692. The van der Waals surface area contributed by atoms with Crippen molar-refractivity contribution in [2.45, 2.75) is 39.2 Å². The molecule has 0 saturated carbocycles. The number of carbonyl (C=O) groups is 2. The van der Waals surface area contributed by atoms with Crippen LogP contribution in [0.3, 0.4) is 0 Å². The molecule has 0 amide bonds. The van der Waals surface area contributed by atoms with Crippen LogP contribution in [0.25, 0.3) is 0 Å². The van der Waals surface area contributed by atoms with Gasteiger partial charge < -0.3 is 10.2 Å². The smallest absolute Gasteiger partial charge is 0.358 e. The van der Waals surface area contributed by atoms with Crippen molar-refractivity contribution in [1.29, 1.82) is 0 Å². The molecule has 0 fully saturated rings. The topological polar surface area (TPSA) is 105 Å². The first-order valence-corrected chi connectivity index (χ1v) is 7.40. The predicted molar refractivity (Wildman–Crippen MR) is 82.4 cm³/mol. The highest BCUT2D eigenvalue weighted by atomic mass is 16.4. The molecule has 0 aliphatic heterocycles. The van der Waals surface area contributed by atoms with Gasteiger partial charge in [0, 0.05) is 13.0 Å². The summed E-state index contributed by atoms with van der Waals surface area (Å²) in [5.74, 6) is -2.00. The van der Waals surface area contributed by atoms with E-state index < -0.39 is 11.9 Å². The van der Waals surface area contributed by atoms with Gasteiger partial charge in [0.2, 0.25) is 0 Å². The summed E-state index contributed by atoms with van der Waals surface area (Å²) in [5.41, 5.74) is 2.74. The molecule has 1 aromatic carbocycles. The lowest BCUT2D eigenvalue weighted by molar-refractivity contribution is -0.137. The SMILES string of the molecule is Cc1ccc(CCc2c(C(=O)O)nnn2CCCC(=O)O)cc1. The molecule has 7 nitrogen and oxygen atoms in total. The van der Waals surface area contributed by atoms with Gasteiger partial charge in [-0.3, -0.25) is 4.79 Å². The van der Waals surface area contributed by atoms with Gasteiger partial charge in [-0.05, 0) is 31.7 Å². The van der Waals surface area contributed by atoms with Crippen LogP contribution in [0.5, 0.6) is 0 Å². The summed E-state index contributed by atoms with van der Waals surface area (Å²) >= 11 is 0. The number of aryl methyl sites for hydroxylation is 3. The zero-order valence-electron chi connectivity index (χ0n) is 12.9. The average Bonchev–Trinajstić information content (AvgIpc) is 2.89. The van der Waals surface area contributed by atoms with E-state index in [1.54, 1.807) is 0 Å². The maximum Gasteiger partial charge on any atom is 0.358 e. The molecular formula is C16H19N3O4. The third-order valence-corrected chi connectivity index (χ3v) is 3.57. The van der Waals surface area contributed by atoms with Crippen LogP contribution >= 0.6 is 0 Å². The number of carboxylic acids is 2. The fourth-order valence-corrected chi connectivity index (χ4v) is 2.32. The second-order valence-electron chi connectivity index (χ2n) is 5.40. The Morgan fingerprint density at radius 1 is 1.13 bits per heavy atom. The van der Waals surface area contributed by atoms with E-state index in [4.69, 9.17) is 5.11 Å². The van der Waals surface area contributed by atoms with Crippen LogP contribution in [0.1, 0.15) is 40.2 Å². The van der Waals surface area contributed by atoms with E-state index in [1.807, 2.05) is 31.2 Å². The van der Waals surface area contributed by atoms with Gasteiger partial charge in [-0.2, -0.15) is 0 Å². The molecule has 122 valence electrons. The lowest BCUT2D eigenvalue weighted by Gasteiger charge is -2.07. The van der Waals surface area contributed by atoms with Gasteiger partial charge >= 0.3 is 11.9 Å². The molecule has 0 aliphatic carbocycles. The molecule has 2 rings (SSSR count). The number of aliphatic carboxylic acids is 1. The van der Waals surface area contributed by atoms with Crippen LogP contribution in [-0.2, 0) is 24.2 Å². The normalized spacial score (nSPS) is 10.7. The molecule has 0 bridgehead atoms. The number of nitrogens with zero attached hydrogens (tertiary/aromatic N) is 3. The Morgan fingerprint density at radius 2 is 1.83 bits per heavy atom. The summed E-state index contributed by atoms with van der Waals surface area (Å²) in [6, 6.07) is 8.04. The third-order valence-electron chi connectivity index (χ3n) is 3.57. The monoisotopic (exact) mass is 317 g/mol. The van der Waals surface area contributed by atoms with Gasteiger partial charge in [0.1, 0.15) is 0 Å². The zero-order chi connectivity index (χ0) is 16.8. The molecule has 0 aliphatic rings. The van der Waals surface area contributed by atoms with Crippen molar-refractivity contribution >= 4 is 11.9 Å². The molecule has 0 saturated heterocycles. The van der Waals surface area contributed by atoms with Gasteiger partial charge in [0.25, 0.3) is 0 Å². The maximum atomic E-state index is 11.3. The van der Waals surface area contributed by atoms with Crippen LogP contribution in [0, 0.1) is 6.92 Å². The van der Waals surface area contributed by atoms with E-state index in [0.717, 1.165) is 5.56 Å². The largest absolute Gasteiger partial charge is 0.481 e. The minimum absolute atomic E-state index is 0.0136. The minimum Gasteiger partial charge on any atom is -0.481 e. The summed E-state index contributed by atoms with van der Waals surface area (Å²) in [7, 11) is 0. The molecule has 0 radical (unpaired) electrons. The van der Waals surface area contributed by atoms with Crippen molar-refractivity contribution in [3.05, 3.63) is 46.8 Å². The lowest BCUT2D eigenvalue weighted by atomic mass is 10.1. The molecular weight excluding hydrogens is 298 g/mol. The molecule has 7 heteroatoms. The van der Waals surface area contributed by atoms with E-state index in [-0.39, 0.29) is 12.1 Å². The first-order chi connectivity index (χ1) is 11.0. The molecule has 0 atom stereocenters. The van der Waals surface area contributed by atoms with Crippen LogP contribution in [-0.4, -0.2) is 37.1 Å². The van der Waals surface area contributed by atoms with Crippen LogP contribution < -0.4 is 0 Å². The molecule has 1 aromatic heterocycles. The number of carboxylic acid groups (broad SMARTS) is 2. The van der Waals surface area contributed by atoms with Crippen molar-refractivity contribution in [2.24, 2.45) is 0 Å². The lowest BCUT2D eigenvalue weighted by Crippen LogP contribution is -2.11. The summed E-state index contributed by atoms with van der Waals surface area (Å²) in [6.07, 6.45) is 1.56. The Balaban J connectivity index is 2.10. The van der Waals surface area contributed by atoms with Crippen LogP contribution in [0.2, 0.25) is 0 Å². The first-order valence-electron chi connectivity index (χ1n) is 7.40. The Kier molecular flexibility index (Phi) is 5.46. The van der Waals surface area contributed by atoms with Crippen molar-refractivity contribution in [3.8, 4) is 0 Å². The molecule has 2 aromatic rings. The molecule has 1 heterocycles. The Hall–Kier alpha value is -2.70. The summed E-state index contributed by atoms with van der Waals surface area (Å²) in [4.78, 5) is 21.8. The van der Waals surface area contributed by atoms with Crippen molar-refractivity contribution in [3.63, 3.8) is 0 Å². The van der Waals surface area contributed by atoms with Crippen LogP contribution in [0.4, 0.5) is 0 Å². The number of benzene rings is 1. The van der Waals surface area contributed by atoms with Gasteiger partial charge in [-0.1, -0.05) is 35.0 Å². The molecule has 2 N–H and O–H groups in total. The maximum absolute atomic E-state index is 11.3. The number of aromatic carboxylic acids is 1. The number of rotatable bonds is 8. The van der Waals surface area contributed by atoms with E-state index in [1.165, 1.54) is 10.2 Å². The third kappa shape index (κ3) is 4.64. The van der Waals surface area contributed by atoms with Crippen molar-refractivity contribution in [1.82, 2.24) is 15.0 Å². The van der Waals surface area contributed by atoms with Gasteiger partial charge in [0.05, 0.1) is 5.69 Å². The minimum atomic E-state index is -1.12. The first kappa shape index (κ1) is 16.7. The van der Waals surface area contributed by atoms with E-state index in [9.17, 15) is 14.7 Å². The summed E-state index contributed by atoms with van der Waals surface area (Å²) in [5, 5.41) is 25.5. The summed E-state index contributed by atoms with van der Waals surface area (Å²) < 4.78 is 1.50. The van der Waals surface area contributed by atoms with Crippen molar-refractivity contribution < 1.29 is 19.8 Å². The van der Waals surface area contributed by atoms with Crippen molar-refractivity contribution in [2.75, 3.05) is 0 Å². The summed E-state index contributed by atoms with van der Waals surface area (Å²) in [6.45, 7) is 2.35. The second-order valence-corrected chi connectivity index (χ2v) is 5.40. The van der Waals surface area contributed by atoms with E-state index >= 15 is 0 Å². The van der Waals surface area contributed by atoms with E-state index in [2.05, 4.69) is 10.3 Å². The predicted octanol–water partition coefficient (Wildman–Crippen LogP) is 1.93. The standard InChI is InChI=1S/C16H19N3O4/c1-11-4-6-12(7-5-11)8-9-13-15(16(22)23)17-18-19(13)10-2-3-14(20)21/h4-7H,2-3,8-10H2,1H3,(H,20,21)(H,22,23). The van der Waals surface area contributed by atoms with Gasteiger partial charge in [0.15, 0.2) is 5.69 Å². The fourth-order valence-electron chi connectivity index (χ4n) is 2.32. The second kappa shape index (κ2) is 7.53.